The molecular weight excluding hydrogens is 766 g/mol. The monoisotopic (exact) mass is 815 g/mol. The van der Waals surface area contributed by atoms with Crippen molar-refractivity contribution in [3.8, 4) is 5.75 Å². The van der Waals surface area contributed by atoms with Crippen LogP contribution in [0.1, 0.15) is 82.4 Å². The molecule has 59 heavy (non-hydrogen) atoms. The van der Waals surface area contributed by atoms with Crippen LogP contribution in [0.3, 0.4) is 0 Å². The SMILES string of the molecule is O=C1CCC(N2C(=O)c3cccc(NCCCCCC(=O)N4CCN(CCOc5ccc(C(=C(CCCl)c6ccccc6)c6ccccc6)cc5)CC4)c3C2=O)C(=O)N1. The third-order valence-electron chi connectivity index (χ3n) is 11.2. The number of carbonyl (C=O) groups excluding carboxylic acids is 5. The van der Waals surface area contributed by atoms with Gasteiger partial charge in [-0.15, -0.1) is 11.6 Å². The molecule has 3 heterocycles. The van der Waals surface area contributed by atoms with E-state index in [0.717, 1.165) is 72.7 Å². The van der Waals surface area contributed by atoms with Gasteiger partial charge in [-0.2, -0.15) is 0 Å². The molecule has 11 nitrogen and oxygen atoms in total. The third-order valence-corrected chi connectivity index (χ3v) is 11.4. The number of allylic oxidation sites excluding steroid dienone is 1. The molecule has 1 atom stereocenters. The Hall–Kier alpha value is -5.78. The number of hydrogen-bond acceptors (Lipinski definition) is 8. The summed E-state index contributed by atoms with van der Waals surface area (Å²) in [5.41, 5.74) is 6.82. The predicted molar refractivity (Wildman–Crippen MR) is 229 cm³/mol. The van der Waals surface area contributed by atoms with Gasteiger partial charge >= 0.3 is 0 Å². The lowest BCUT2D eigenvalue weighted by atomic mass is 9.88. The minimum absolute atomic E-state index is 0.0725. The van der Waals surface area contributed by atoms with Gasteiger partial charge in [-0.1, -0.05) is 85.3 Å². The maximum atomic E-state index is 13.3. The molecule has 0 bridgehead atoms. The summed E-state index contributed by atoms with van der Waals surface area (Å²) in [5, 5.41) is 5.50. The van der Waals surface area contributed by atoms with Crippen molar-refractivity contribution in [2.75, 3.05) is 57.1 Å². The molecule has 0 spiro atoms. The summed E-state index contributed by atoms with van der Waals surface area (Å²) in [6.45, 7) is 4.88. The van der Waals surface area contributed by atoms with Crippen molar-refractivity contribution in [3.63, 3.8) is 0 Å². The average Bonchev–Trinajstić information content (AvgIpc) is 3.52. The number of amides is 5. The summed E-state index contributed by atoms with van der Waals surface area (Å²) >= 11 is 6.32. The fraction of sp³-hybridized carbons (Fsp3) is 0.340. The average molecular weight is 816 g/mol. The smallest absolute Gasteiger partial charge is 0.264 e. The van der Waals surface area contributed by atoms with Gasteiger partial charge in [-0.25, -0.2) is 0 Å². The standard InChI is InChI=1S/C47H50ClN5O6/c48-25-24-37(33-11-4-1-5-12-33)43(34-13-6-2-7-14-34)35-18-20-36(21-19-35)59-32-31-51-27-29-52(30-28-51)42(55)17-8-3-9-26-49-39-16-10-15-38-44(39)47(58)53(46(38)57)40-22-23-41(54)50-45(40)56/h1-2,4-7,10-16,18-21,40,49H,3,8-9,17,22-32H2,(H,50,54,56). The number of nitrogens with one attached hydrogen (secondary N) is 2. The van der Waals surface area contributed by atoms with Gasteiger partial charge in [0.15, 0.2) is 0 Å². The summed E-state index contributed by atoms with van der Waals surface area (Å²) in [5.74, 6) is -0.595. The number of halogens is 1. The van der Waals surface area contributed by atoms with Crippen LogP contribution in [0.25, 0.3) is 11.1 Å². The van der Waals surface area contributed by atoms with Crippen LogP contribution in [0.5, 0.6) is 5.75 Å². The Morgan fingerprint density at radius 1 is 0.746 bits per heavy atom. The number of unbranched alkanes of at least 4 members (excludes halogenated alkanes) is 2. The van der Waals surface area contributed by atoms with Gasteiger partial charge in [-0.3, -0.25) is 39.1 Å². The molecule has 0 saturated carbocycles. The molecule has 2 fully saturated rings. The maximum Gasteiger partial charge on any atom is 0.264 e. The van der Waals surface area contributed by atoms with Crippen molar-refractivity contribution in [2.45, 2.75) is 51.0 Å². The number of imide groups is 2. The Balaban J connectivity index is 0.817. The zero-order valence-corrected chi connectivity index (χ0v) is 33.9. The van der Waals surface area contributed by atoms with Crippen LogP contribution in [0.2, 0.25) is 0 Å². The Morgan fingerprint density at radius 2 is 1.44 bits per heavy atom. The van der Waals surface area contributed by atoms with Crippen molar-refractivity contribution in [3.05, 3.63) is 131 Å². The molecule has 0 aliphatic carbocycles. The maximum absolute atomic E-state index is 13.3. The third kappa shape index (κ3) is 9.92. The van der Waals surface area contributed by atoms with Crippen LogP contribution in [0.4, 0.5) is 5.69 Å². The number of piperazine rings is 1. The highest BCUT2D eigenvalue weighted by atomic mass is 35.5. The van der Waals surface area contributed by atoms with Crippen LogP contribution < -0.4 is 15.4 Å². The van der Waals surface area contributed by atoms with Gasteiger partial charge in [0.05, 0.1) is 11.1 Å². The van der Waals surface area contributed by atoms with Crippen molar-refractivity contribution in [2.24, 2.45) is 0 Å². The van der Waals surface area contributed by atoms with E-state index in [9.17, 15) is 24.0 Å². The second-order valence-electron chi connectivity index (χ2n) is 15.0. The molecule has 4 aromatic rings. The summed E-state index contributed by atoms with van der Waals surface area (Å²) in [4.78, 5) is 68.7. The van der Waals surface area contributed by atoms with Crippen LogP contribution in [-0.4, -0.2) is 102 Å². The first-order valence-electron chi connectivity index (χ1n) is 20.5. The van der Waals surface area contributed by atoms with E-state index >= 15 is 0 Å². The van der Waals surface area contributed by atoms with Gasteiger partial charge in [-0.05, 0) is 77.8 Å². The molecule has 12 heteroatoms. The largest absolute Gasteiger partial charge is 0.492 e. The van der Waals surface area contributed by atoms with E-state index in [4.69, 9.17) is 16.3 Å². The van der Waals surface area contributed by atoms with Crippen molar-refractivity contribution >= 4 is 58.0 Å². The van der Waals surface area contributed by atoms with E-state index in [0.29, 0.717) is 44.2 Å². The molecule has 306 valence electrons. The molecule has 2 N–H and O–H groups in total. The molecule has 7 rings (SSSR count). The molecule has 4 aromatic carbocycles. The zero-order valence-electron chi connectivity index (χ0n) is 33.2. The lowest BCUT2D eigenvalue weighted by Gasteiger charge is -2.34. The number of piperidine rings is 1. The number of hydrogen-bond donors (Lipinski definition) is 2. The molecular formula is C47H50ClN5O6. The first kappa shape index (κ1) is 41.4. The van der Waals surface area contributed by atoms with Gasteiger partial charge in [0, 0.05) is 63.7 Å². The zero-order chi connectivity index (χ0) is 41.1. The van der Waals surface area contributed by atoms with Gasteiger partial charge in [0.1, 0.15) is 18.4 Å². The van der Waals surface area contributed by atoms with E-state index in [1.165, 1.54) is 11.1 Å². The second-order valence-corrected chi connectivity index (χ2v) is 15.4. The lowest BCUT2D eigenvalue weighted by molar-refractivity contribution is -0.136. The highest BCUT2D eigenvalue weighted by Crippen LogP contribution is 2.36. The molecule has 0 radical (unpaired) electrons. The van der Waals surface area contributed by atoms with Crippen LogP contribution in [-0.2, 0) is 14.4 Å². The Kier molecular flexibility index (Phi) is 13.9. The number of alkyl halides is 1. The van der Waals surface area contributed by atoms with Gasteiger partial charge in [0.2, 0.25) is 17.7 Å². The Morgan fingerprint density at radius 3 is 2.14 bits per heavy atom. The number of benzene rings is 4. The quantitative estimate of drug-likeness (QED) is 0.0512. The van der Waals surface area contributed by atoms with Crippen LogP contribution in [0.15, 0.2) is 103 Å². The van der Waals surface area contributed by atoms with E-state index in [1.54, 1.807) is 18.2 Å². The van der Waals surface area contributed by atoms with E-state index in [2.05, 4.69) is 76.2 Å². The normalized spacial score (nSPS) is 17.4. The first-order valence-corrected chi connectivity index (χ1v) is 21.1. The van der Waals surface area contributed by atoms with Crippen molar-refractivity contribution in [1.82, 2.24) is 20.0 Å². The van der Waals surface area contributed by atoms with Crippen molar-refractivity contribution in [1.29, 1.82) is 0 Å². The summed E-state index contributed by atoms with van der Waals surface area (Å²) < 4.78 is 6.18. The minimum Gasteiger partial charge on any atom is -0.492 e. The number of carbonyl (C=O) groups is 5. The second kappa shape index (κ2) is 19.8. The molecule has 5 amide bonds. The van der Waals surface area contributed by atoms with E-state index in [-0.39, 0.29) is 29.9 Å². The van der Waals surface area contributed by atoms with E-state index in [1.807, 2.05) is 29.2 Å². The Labute approximate surface area is 350 Å². The molecule has 2 saturated heterocycles. The minimum atomic E-state index is -1.00. The van der Waals surface area contributed by atoms with Crippen LogP contribution in [0, 0.1) is 0 Å². The summed E-state index contributed by atoms with van der Waals surface area (Å²) in [6.07, 6.45) is 3.77. The number of ether oxygens (including phenoxy) is 1. The highest BCUT2D eigenvalue weighted by molar-refractivity contribution is 6.25. The van der Waals surface area contributed by atoms with Gasteiger partial charge < -0.3 is 15.0 Å². The molecule has 3 aliphatic rings. The number of rotatable bonds is 17. The Bertz CT molecular complexity index is 2170. The number of nitrogens with zero attached hydrogens (tertiary/aromatic N) is 3. The lowest BCUT2D eigenvalue weighted by Crippen LogP contribution is -2.54. The van der Waals surface area contributed by atoms with E-state index < -0.39 is 29.7 Å². The van der Waals surface area contributed by atoms with Crippen LogP contribution >= 0.6 is 11.6 Å². The topological polar surface area (TPSA) is 128 Å². The summed E-state index contributed by atoms with van der Waals surface area (Å²) in [7, 11) is 0. The van der Waals surface area contributed by atoms with Gasteiger partial charge in [0.25, 0.3) is 11.8 Å². The fourth-order valence-electron chi connectivity index (χ4n) is 8.12. The fourth-order valence-corrected chi connectivity index (χ4v) is 8.31. The highest BCUT2D eigenvalue weighted by Gasteiger charge is 2.45. The summed E-state index contributed by atoms with van der Waals surface area (Å²) in [6, 6.07) is 33.2. The molecule has 3 aliphatic heterocycles. The number of anilines is 1. The predicted octanol–water partition coefficient (Wildman–Crippen LogP) is 6.87. The van der Waals surface area contributed by atoms with Crippen molar-refractivity contribution < 1.29 is 28.7 Å². The number of fused-ring (bicyclic) bond motifs is 1. The molecule has 1 unspecified atom stereocenters. The molecule has 0 aromatic heterocycles. The first-order chi connectivity index (χ1) is 28.8.